The van der Waals surface area contributed by atoms with E-state index in [1.54, 1.807) is 31.4 Å². The number of hydrogen-bond acceptors (Lipinski definition) is 3. The Morgan fingerprint density at radius 3 is 2.48 bits per heavy atom. The van der Waals surface area contributed by atoms with Gasteiger partial charge in [-0.05, 0) is 50.2 Å². The van der Waals surface area contributed by atoms with Gasteiger partial charge in [-0.3, -0.25) is 4.79 Å². The Morgan fingerprint density at radius 1 is 1.13 bits per heavy atom. The van der Waals surface area contributed by atoms with Crippen LogP contribution in [-0.2, 0) is 5.54 Å². The first kappa shape index (κ1) is 15.1. The van der Waals surface area contributed by atoms with Crippen molar-refractivity contribution in [3.63, 3.8) is 0 Å². The minimum Gasteiger partial charge on any atom is -0.497 e. The van der Waals surface area contributed by atoms with Crippen molar-refractivity contribution in [3.05, 3.63) is 59.9 Å². The van der Waals surface area contributed by atoms with E-state index in [9.17, 15) is 4.79 Å². The Balaban J connectivity index is 1.82. The third kappa shape index (κ3) is 3.04. The number of ether oxygens (including phenoxy) is 1. The minimum atomic E-state index is -0.615. The van der Waals surface area contributed by atoms with E-state index in [0.717, 1.165) is 22.6 Å². The molecule has 1 amide bonds. The zero-order valence-corrected chi connectivity index (χ0v) is 13.4. The molecular weight excluding hydrogens is 290 g/mol. The van der Waals surface area contributed by atoms with Gasteiger partial charge in [-0.2, -0.15) is 0 Å². The molecule has 2 N–H and O–H groups in total. The van der Waals surface area contributed by atoms with Gasteiger partial charge in [0.25, 0.3) is 5.91 Å². The second-order valence-corrected chi connectivity index (χ2v) is 5.91. The highest BCUT2D eigenvalue weighted by atomic mass is 16.5. The molecule has 0 radical (unpaired) electrons. The van der Waals surface area contributed by atoms with E-state index in [-0.39, 0.29) is 5.91 Å². The minimum absolute atomic E-state index is 0.155. The van der Waals surface area contributed by atoms with E-state index in [4.69, 9.17) is 4.74 Å². The van der Waals surface area contributed by atoms with Crippen molar-refractivity contribution in [2.75, 3.05) is 7.11 Å². The Hall–Kier alpha value is -2.82. The number of benzene rings is 2. The van der Waals surface area contributed by atoms with Crippen molar-refractivity contribution < 1.29 is 9.53 Å². The summed E-state index contributed by atoms with van der Waals surface area (Å²) in [5, 5.41) is 3.01. The van der Waals surface area contributed by atoms with Gasteiger partial charge in [-0.1, -0.05) is 12.1 Å². The van der Waals surface area contributed by atoms with Gasteiger partial charge in [0, 0.05) is 5.56 Å². The van der Waals surface area contributed by atoms with Crippen LogP contribution < -0.4 is 10.1 Å². The number of imidazole rings is 1. The maximum absolute atomic E-state index is 12.5. The van der Waals surface area contributed by atoms with Crippen LogP contribution in [0.2, 0.25) is 0 Å². The van der Waals surface area contributed by atoms with E-state index >= 15 is 0 Å². The quantitative estimate of drug-likeness (QED) is 0.777. The molecule has 1 aromatic heterocycles. The lowest BCUT2D eigenvalue weighted by Crippen LogP contribution is -2.41. The van der Waals surface area contributed by atoms with E-state index in [2.05, 4.69) is 15.3 Å². The summed E-state index contributed by atoms with van der Waals surface area (Å²) < 4.78 is 5.11. The standard InChI is InChI=1S/C18H19N3O2/c1-18(2,17-19-14-6-4-5-7-15(14)20-17)21-16(22)12-8-10-13(23-3)11-9-12/h4-11H,1-3H3,(H,19,20)(H,21,22). The van der Waals surface area contributed by atoms with Crippen LogP contribution in [0.3, 0.4) is 0 Å². The van der Waals surface area contributed by atoms with Gasteiger partial charge < -0.3 is 15.0 Å². The summed E-state index contributed by atoms with van der Waals surface area (Å²) in [6.07, 6.45) is 0. The molecule has 3 rings (SSSR count). The predicted octanol–water partition coefficient (Wildman–Crippen LogP) is 3.24. The molecule has 3 aromatic rings. The molecule has 0 aliphatic rings. The summed E-state index contributed by atoms with van der Waals surface area (Å²) in [7, 11) is 1.60. The topological polar surface area (TPSA) is 67.0 Å². The number of nitrogens with one attached hydrogen (secondary N) is 2. The molecule has 0 spiro atoms. The Bertz CT molecular complexity index is 802. The summed E-state index contributed by atoms with van der Waals surface area (Å²) >= 11 is 0. The van der Waals surface area contributed by atoms with Crippen LogP contribution >= 0.6 is 0 Å². The van der Waals surface area contributed by atoms with Gasteiger partial charge in [-0.25, -0.2) is 4.98 Å². The monoisotopic (exact) mass is 309 g/mol. The molecule has 23 heavy (non-hydrogen) atoms. The number of amides is 1. The molecule has 118 valence electrons. The fraction of sp³-hybridized carbons (Fsp3) is 0.222. The molecule has 0 bridgehead atoms. The SMILES string of the molecule is COc1ccc(C(=O)NC(C)(C)c2nc3ccccc3[nH]2)cc1. The molecule has 1 heterocycles. The lowest BCUT2D eigenvalue weighted by molar-refractivity contribution is 0.0909. The van der Waals surface area contributed by atoms with Gasteiger partial charge in [-0.15, -0.1) is 0 Å². The maximum atomic E-state index is 12.5. The van der Waals surface area contributed by atoms with E-state index in [0.29, 0.717) is 5.56 Å². The fourth-order valence-electron chi connectivity index (χ4n) is 2.41. The third-order valence-corrected chi connectivity index (χ3v) is 3.76. The van der Waals surface area contributed by atoms with Crippen LogP contribution in [0.1, 0.15) is 30.0 Å². The Kier molecular flexibility index (Phi) is 3.78. The Labute approximate surface area is 134 Å². The van der Waals surface area contributed by atoms with Crippen molar-refractivity contribution >= 4 is 16.9 Å². The molecule has 0 saturated carbocycles. The second-order valence-electron chi connectivity index (χ2n) is 5.91. The molecule has 5 heteroatoms. The van der Waals surface area contributed by atoms with Crippen molar-refractivity contribution in [3.8, 4) is 5.75 Å². The number of aromatic amines is 1. The number of fused-ring (bicyclic) bond motifs is 1. The van der Waals surface area contributed by atoms with Gasteiger partial charge in [0.2, 0.25) is 0 Å². The van der Waals surface area contributed by atoms with Crippen LogP contribution in [0.4, 0.5) is 0 Å². The molecule has 2 aromatic carbocycles. The number of hydrogen-bond donors (Lipinski definition) is 2. The molecule has 0 saturated heterocycles. The molecule has 0 unspecified atom stereocenters. The number of carbonyl (C=O) groups is 1. The van der Waals surface area contributed by atoms with Gasteiger partial charge in [0.15, 0.2) is 0 Å². The summed E-state index contributed by atoms with van der Waals surface area (Å²) in [5.41, 5.74) is 1.80. The van der Waals surface area contributed by atoms with Crippen LogP contribution in [0, 0.1) is 0 Å². The molecule has 5 nitrogen and oxygen atoms in total. The first-order valence-electron chi connectivity index (χ1n) is 7.41. The van der Waals surface area contributed by atoms with Crippen LogP contribution in [0.25, 0.3) is 11.0 Å². The van der Waals surface area contributed by atoms with Gasteiger partial charge in [0.1, 0.15) is 11.6 Å². The van der Waals surface area contributed by atoms with E-state index in [1.165, 1.54) is 0 Å². The Morgan fingerprint density at radius 2 is 1.83 bits per heavy atom. The number of para-hydroxylation sites is 2. The number of carbonyl (C=O) groups excluding carboxylic acids is 1. The average Bonchev–Trinajstić information content (AvgIpc) is 2.99. The van der Waals surface area contributed by atoms with Crippen molar-refractivity contribution in [2.45, 2.75) is 19.4 Å². The van der Waals surface area contributed by atoms with Gasteiger partial charge >= 0.3 is 0 Å². The number of nitrogens with zero attached hydrogens (tertiary/aromatic N) is 1. The second kappa shape index (κ2) is 5.76. The van der Waals surface area contributed by atoms with E-state index < -0.39 is 5.54 Å². The zero-order chi connectivity index (χ0) is 16.4. The zero-order valence-electron chi connectivity index (χ0n) is 13.4. The normalized spacial score (nSPS) is 11.4. The average molecular weight is 309 g/mol. The summed E-state index contributed by atoms with van der Waals surface area (Å²) in [5.74, 6) is 1.29. The number of aromatic nitrogens is 2. The maximum Gasteiger partial charge on any atom is 0.252 e. The lowest BCUT2D eigenvalue weighted by Gasteiger charge is -2.24. The summed E-state index contributed by atoms with van der Waals surface area (Å²) in [4.78, 5) is 20.3. The highest BCUT2D eigenvalue weighted by molar-refractivity contribution is 5.94. The highest BCUT2D eigenvalue weighted by Gasteiger charge is 2.27. The largest absolute Gasteiger partial charge is 0.497 e. The smallest absolute Gasteiger partial charge is 0.252 e. The summed E-state index contributed by atoms with van der Waals surface area (Å²) in [6.45, 7) is 3.85. The van der Waals surface area contributed by atoms with Crippen LogP contribution in [-0.4, -0.2) is 23.0 Å². The first-order valence-corrected chi connectivity index (χ1v) is 7.41. The number of H-pyrrole nitrogens is 1. The molecule has 0 aliphatic heterocycles. The number of rotatable bonds is 4. The first-order chi connectivity index (χ1) is 11.0. The van der Waals surface area contributed by atoms with Crippen molar-refractivity contribution in [2.24, 2.45) is 0 Å². The van der Waals surface area contributed by atoms with Crippen molar-refractivity contribution in [1.29, 1.82) is 0 Å². The predicted molar refractivity (Wildman–Crippen MR) is 89.6 cm³/mol. The van der Waals surface area contributed by atoms with Crippen molar-refractivity contribution in [1.82, 2.24) is 15.3 Å². The van der Waals surface area contributed by atoms with Crippen LogP contribution in [0.15, 0.2) is 48.5 Å². The third-order valence-electron chi connectivity index (χ3n) is 3.76. The summed E-state index contributed by atoms with van der Waals surface area (Å²) in [6, 6.07) is 14.8. The molecule has 0 aliphatic carbocycles. The number of methoxy groups -OCH3 is 1. The fourth-order valence-corrected chi connectivity index (χ4v) is 2.41. The lowest BCUT2D eigenvalue weighted by atomic mass is 10.0. The molecule has 0 atom stereocenters. The molecule has 0 fully saturated rings. The molecular formula is C18H19N3O2. The van der Waals surface area contributed by atoms with Gasteiger partial charge in [0.05, 0.1) is 23.7 Å². The van der Waals surface area contributed by atoms with Crippen LogP contribution in [0.5, 0.6) is 5.75 Å². The van der Waals surface area contributed by atoms with E-state index in [1.807, 2.05) is 38.1 Å². The highest BCUT2D eigenvalue weighted by Crippen LogP contribution is 2.21.